The van der Waals surface area contributed by atoms with Crippen LogP contribution in [0.4, 0.5) is 0 Å². The van der Waals surface area contributed by atoms with E-state index in [-0.39, 0.29) is 0 Å². The highest BCUT2D eigenvalue weighted by atomic mass is 16.5. The van der Waals surface area contributed by atoms with Crippen LogP contribution < -0.4 is 5.43 Å². The van der Waals surface area contributed by atoms with Gasteiger partial charge in [-0.05, 0) is 0 Å². The van der Waals surface area contributed by atoms with E-state index in [4.69, 9.17) is 0 Å². The molecule has 3 heteroatoms. The second-order valence-electron chi connectivity index (χ2n) is 0.704. The van der Waals surface area contributed by atoms with E-state index < -0.39 is 0 Å². The van der Waals surface area contributed by atoms with Gasteiger partial charge in [-0.3, -0.25) is 5.43 Å². The Kier molecular flexibility index (Phi) is 19.4. The molecule has 0 spiro atoms. The monoisotopic (exact) mass is 132 g/mol. The zero-order chi connectivity index (χ0) is 7.54. The van der Waals surface area contributed by atoms with Crippen molar-refractivity contribution < 1.29 is 4.74 Å². The molecule has 0 unspecified atom stereocenters. The smallest absolute Gasteiger partial charge is 0.194 e. The molecule has 0 fully saturated rings. The zero-order valence-corrected chi connectivity index (χ0v) is 6.64. The summed E-state index contributed by atoms with van der Waals surface area (Å²) < 4.78 is 4.54. The second-order valence-corrected chi connectivity index (χ2v) is 0.704. The standard InChI is InChI=1S/C2H4N2O.2C2H6/c1-3-4-2-5-1;2*1-2/h1,4H,2H2;2*1-2H3. The van der Waals surface area contributed by atoms with Crippen molar-refractivity contribution in [2.24, 2.45) is 5.10 Å². The minimum atomic E-state index is 0.528. The Morgan fingerprint density at radius 1 is 1.33 bits per heavy atom. The molecule has 0 radical (unpaired) electrons. The van der Waals surface area contributed by atoms with Gasteiger partial charge in [-0.1, -0.05) is 27.7 Å². The summed E-state index contributed by atoms with van der Waals surface area (Å²) in [6.45, 7) is 8.53. The number of hydrogen-bond acceptors (Lipinski definition) is 3. The van der Waals surface area contributed by atoms with Crippen molar-refractivity contribution in [2.45, 2.75) is 27.7 Å². The summed E-state index contributed by atoms with van der Waals surface area (Å²) in [4.78, 5) is 0. The summed E-state index contributed by atoms with van der Waals surface area (Å²) in [6.07, 6.45) is 1.38. The highest BCUT2D eigenvalue weighted by molar-refractivity contribution is 5.46. The average Bonchev–Trinajstić information content (AvgIpc) is 2.51. The Morgan fingerprint density at radius 3 is 2.00 bits per heavy atom. The van der Waals surface area contributed by atoms with Gasteiger partial charge in [0.05, 0.1) is 0 Å². The first-order valence-corrected chi connectivity index (χ1v) is 3.36. The Balaban J connectivity index is 0. The Bertz CT molecular complexity index is 49.0. The Labute approximate surface area is 57.1 Å². The Hall–Kier alpha value is -0.730. The molecule has 1 N–H and O–H groups in total. The van der Waals surface area contributed by atoms with Crippen molar-refractivity contribution >= 4 is 6.40 Å². The van der Waals surface area contributed by atoms with Gasteiger partial charge in [0.15, 0.2) is 13.1 Å². The molecule has 0 atom stereocenters. The quantitative estimate of drug-likeness (QED) is 0.542. The van der Waals surface area contributed by atoms with E-state index in [9.17, 15) is 0 Å². The minimum Gasteiger partial charge on any atom is -0.460 e. The van der Waals surface area contributed by atoms with Crippen LogP contribution in [0.2, 0.25) is 0 Å². The number of hydrogen-bond donors (Lipinski definition) is 1. The van der Waals surface area contributed by atoms with Gasteiger partial charge in [0.1, 0.15) is 0 Å². The molecule has 3 nitrogen and oxygen atoms in total. The van der Waals surface area contributed by atoms with Gasteiger partial charge in [0.2, 0.25) is 0 Å². The fraction of sp³-hybridized carbons (Fsp3) is 0.833. The van der Waals surface area contributed by atoms with E-state index in [1.165, 1.54) is 6.40 Å². The van der Waals surface area contributed by atoms with Gasteiger partial charge in [-0.2, -0.15) is 0 Å². The number of ether oxygens (including phenoxy) is 1. The van der Waals surface area contributed by atoms with Crippen LogP contribution in [0.15, 0.2) is 5.10 Å². The van der Waals surface area contributed by atoms with Gasteiger partial charge < -0.3 is 4.74 Å². The van der Waals surface area contributed by atoms with Gasteiger partial charge in [-0.25, -0.2) is 0 Å². The molecule has 56 valence electrons. The van der Waals surface area contributed by atoms with Crippen LogP contribution in [0.25, 0.3) is 0 Å². The first-order valence-electron chi connectivity index (χ1n) is 3.36. The first kappa shape index (κ1) is 11.1. The molecule has 0 saturated heterocycles. The molecule has 0 bridgehead atoms. The van der Waals surface area contributed by atoms with Crippen molar-refractivity contribution in [3.05, 3.63) is 0 Å². The lowest BCUT2D eigenvalue weighted by Crippen LogP contribution is -1.98. The second kappa shape index (κ2) is 15.7. The number of nitrogens with zero attached hydrogens (tertiary/aromatic N) is 1. The van der Waals surface area contributed by atoms with Crippen molar-refractivity contribution in [2.75, 3.05) is 6.73 Å². The lowest BCUT2D eigenvalue weighted by molar-refractivity contribution is 0.327. The van der Waals surface area contributed by atoms with Crippen LogP contribution in [0.5, 0.6) is 0 Å². The maximum atomic E-state index is 4.54. The molecule has 1 heterocycles. The van der Waals surface area contributed by atoms with E-state index in [0.717, 1.165) is 0 Å². The summed E-state index contributed by atoms with van der Waals surface area (Å²) in [5.74, 6) is 0. The molecule has 0 aromatic rings. The highest BCUT2D eigenvalue weighted by Gasteiger charge is 1.81. The molecule has 0 aliphatic carbocycles. The number of hydrazone groups is 1. The number of nitrogens with one attached hydrogen (secondary N) is 1. The summed E-state index contributed by atoms with van der Waals surface area (Å²) in [5.41, 5.74) is 2.57. The van der Waals surface area contributed by atoms with Crippen LogP contribution in [0, 0.1) is 0 Å². The zero-order valence-electron chi connectivity index (χ0n) is 6.64. The first-order chi connectivity index (χ1) is 4.50. The fourth-order valence-corrected chi connectivity index (χ4v) is 0.186. The maximum Gasteiger partial charge on any atom is 0.194 e. The predicted octanol–water partition coefficient (Wildman–Crippen LogP) is 1.56. The van der Waals surface area contributed by atoms with Crippen LogP contribution in [-0.2, 0) is 4.74 Å². The third kappa shape index (κ3) is 11.1. The molecule has 0 aromatic heterocycles. The average molecular weight is 132 g/mol. The predicted molar refractivity (Wildman–Crippen MR) is 40.3 cm³/mol. The largest absolute Gasteiger partial charge is 0.460 e. The Morgan fingerprint density at radius 2 is 1.89 bits per heavy atom. The summed E-state index contributed by atoms with van der Waals surface area (Å²) in [5, 5.41) is 3.49. The van der Waals surface area contributed by atoms with Gasteiger partial charge in [0.25, 0.3) is 0 Å². The van der Waals surface area contributed by atoms with Crippen molar-refractivity contribution in [3.63, 3.8) is 0 Å². The minimum absolute atomic E-state index is 0.528. The van der Waals surface area contributed by atoms with Crippen molar-refractivity contribution in [3.8, 4) is 0 Å². The summed E-state index contributed by atoms with van der Waals surface area (Å²) in [6, 6.07) is 0. The summed E-state index contributed by atoms with van der Waals surface area (Å²) >= 11 is 0. The molecule has 1 aliphatic heterocycles. The summed E-state index contributed by atoms with van der Waals surface area (Å²) in [7, 11) is 0. The van der Waals surface area contributed by atoms with Crippen LogP contribution in [-0.4, -0.2) is 13.1 Å². The van der Waals surface area contributed by atoms with Gasteiger partial charge >= 0.3 is 0 Å². The van der Waals surface area contributed by atoms with Crippen LogP contribution in [0.1, 0.15) is 27.7 Å². The number of rotatable bonds is 0. The molecule has 9 heavy (non-hydrogen) atoms. The molecule has 1 rings (SSSR count). The highest BCUT2D eigenvalue weighted by Crippen LogP contribution is 1.69. The maximum absolute atomic E-state index is 4.54. The molecular weight excluding hydrogens is 116 g/mol. The van der Waals surface area contributed by atoms with E-state index >= 15 is 0 Å². The third-order valence-corrected chi connectivity index (χ3v) is 0.366. The molecule has 0 aromatic carbocycles. The fourth-order valence-electron chi connectivity index (χ4n) is 0.186. The van der Waals surface area contributed by atoms with Crippen LogP contribution in [0.3, 0.4) is 0 Å². The van der Waals surface area contributed by atoms with Gasteiger partial charge in [0, 0.05) is 0 Å². The van der Waals surface area contributed by atoms with E-state index in [1.807, 2.05) is 27.7 Å². The van der Waals surface area contributed by atoms with E-state index in [2.05, 4.69) is 15.3 Å². The molecular formula is C6H16N2O. The molecule has 1 aliphatic rings. The van der Waals surface area contributed by atoms with Crippen molar-refractivity contribution in [1.82, 2.24) is 5.43 Å². The van der Waals surface area contributed by atoms with E-state index in [1.54, 1.807) is 0 Å². The van der Waals surface area contributed by atoms with Crippen LogP contribution >= 0.6 is 0 Å². The SMILES string of the molecule is C1=NNCO1.CC.CC. The molecule has 0 saturated carbocycles. The third-order valence-electron chi connectivity index (χ3n) is 0.366. The topological polar surface area (TPSA) is 33.6 Å². The lowest BCUT2D eigenvalue weighted by Gasteiger charge is -1.79. The molecule has 0 amide bonds. The van der Waals surface area contributed by atoms with Gasteiger partial charge in [-0.15, -0.1) is 5.10 Å². The lowest BCUT2D eigenvalue weighted by atomic mass is 11.0. The van der Waals surface area contributed by atoms with E-state index in [0.29, 0.717) is 6.73 Å². The van der Waals surface area contributed by atoms with Crippen molar-refractivity contribution in [1.29, 1.82) is 0 Å². The normalized spacial score (nSPS) is 11.1.